The Balaban J connectivity index is 2.02. The second-order valence-corrected chi connectivity index (χ2v) is 7.42. The minimum absolute atomic E-state index is 0.179. The van der Waals surface area contributed by atoms with Gasteiger partial charge in [0.1, 0.15) is 5.70 Å². The molecule has 30 heavy (non-hydrogen) atoms. The fourth-order valence-electron chi connectivity index (χ4n) is 3.82. The molecule has 0 bridgehead atoms. The molecule has 1 aliphatic heterocycles. The number of nitrogens with one attached hydrogen (secondary N) is 1. The molecule has 0 aliphatic carbocycles. The van der Waals surface area contributed by atoms with E-state index in [9.17, 15) is 9.59 Å². The largest absolute Gasteiger partial charge is 0.372 e. The van der Waals surface area contributed by atoms with Gasteiger partial charge in [0.2, 0.25) is 0 Å². The summed E-state index contributed by atoms with van der Waals surface area (Å²) < 4.78 is 0. The number of anilines is 2. The lowest BCUT2D eigenvalue weighted by atomic mass is 9.97. The molecule has 0 atom stereocenters. The highest BCUT2D eigenvalue weighted by atomic mass is 16.2. The van der Waals surface area contributed by atoms with Crippen LogP contribution in [-0.2, 0) is 9.59 Å². The Morgan fingerprint density at radius 2 is 1.67 bits per heavy atom. The summed E-state index contributed by atoms with van der Waals surface area (Å²) in [4.78, 5) is 29.7. The van der Waals surface area contributed by atoms with Crippen molar-refractivity contribution in [1.82, 2.24) is 4.90 Å². The summed E-state index contributed by atoms with van der Waals surface area (Å²) in [6, 6.07) is 13.8. The van der Waals surface area contributed by atoms with E-state index in [0.717, 1.165) is 41.2 Å². The van der Waals surface area contributed by atoms with Gasteiger partial charge in [-0.25, -0.2) is 0 Å². The Morgan fingerprint density at radius 3 is 2.23 bits per heavy atom. The van der Waals surface area contributed by atoms with Crippen LogP contribution >= 0.6 is 0 Å². The van der Waals surface area contributed by atoms with E-state index < -0.39 is 0 Å². The van der Waals surface area contributed by atoms with Crippen molar-refractivity contribution >= 4 is 28.8 Å². The first-order valence-electron chi connectivity index (χ1n) is 10.3. The third kappa shape index (κ3) is 4.01. The molecule has 2 amide bonds. The van der Waals surface area contributed by atoms with Crippen molar-refractivity contribution in [1.29, 1.82) is 0 Å². The number of amides is 2. The fraction of sp³-hybridized carbons (Fsp3) is 0.280. The van der Waals surface area contributed by atoms with Gasteiger partial charge in [0.25, 0.3) is 11.8 Å². The molecule has 3 rings (SSSR count). The Morgan fingerprint density at radius 1 is 1.00 bits per heavy atom. The van der Waals surface area contributed by atoms with Crippen LogP contribution in [0.3, 0.4) is 0 Å². The predicted molar refractivity (Wildman–Crippen MR) is 123 cm³/mol. The third-order valence-electron chi connectivity index (χ3n) is 5.40. The summed E-state index contributed by atoms with van der Waals surface area (Å²) in [5.41, 5.74) is 5.45. The fourth-order valence-corrected chi connectivity index (χ4v) is 3.82. The van der Waals surface area contributed by atoms with E-state index in [4.69, 9.17) is 0 Å². The molecule has 1 aliphatic rings. The van der Waals surface area contributed by atoms with Crippen LogP contribution < -0.4 is 10.2 Å². The van der Waals surface area contributed by atoms with Gasteiger partial charge in [-0.15, -0.1) is 6.58 Å². The molecule has 156 valence electrons. The Bertz CT molecular complexity index is 1000. The number of imide groups is 1. The first-order valence-corrected chi connectivity index (χ1v) is 10.3. The molecule has 0 spiro atoms. The Kier molecular flexibility index (Phi) is 6.40. The molecule has 0 aromatic heterocycles. The third-order valence-corrected chi connectivity index (χ3v) is 5.40. The molecular weight excluding hydrogens is 374 g/mol. The average Bonchev–Trinajstić information content (AvgIpc) is 2.95. The highest BCUT2D eigenvalue weighted by Gasteiger charge is 2.39. The van der Waals surface area contributed by atoms with Crippen molar-refractivity contribution in [2.45, 2.75) is 27.7 Å². The van der Waals surface area contributed by atoms with E-state index in [0.29, 0.717) is 11.3 Å². The van der Waals surface area contributed by atoms with Crippen LogP contribution in [0.25, 0.3) is 5.57 Å². The minimum atomic E-state index is -0.331. The van der Waals surface area contributed by atoms with Gasteiger partial charge in [-0.3, -0.25) is 14.5 Å². The summed E-state index contributed by atoms with van der Waals surface area (Å²) in [7, 11) is 0. The van der Waals surface area contributed by atoms with Gasteiger partial charge >= 0.3 is 0 Å². The second-order valence-electron chi connectivity index (χ2n) is 7.42. The summed E-state index contributed by atoms with van der Waals surface area (Å²) in [6.07, 6.45) is 1.57. The zero-order chi connectivity index (χ0) is 21.8. The van der Waals surface area contributed by atoms with Crippen molar-refractivity contribution < 1.29 is 9.59 Å². The molecule has 5 nitrogen and oxygen atoms in total. The highest BCUT2D eigenvalue weighted by Crippen LogP contribution is 2.32. The van der Waals surface area contributed by atoms with Crippen LogP contribution in [0.15, 0.2) is 60.8 Å². The van der Waals surface area contributed by atoms with Crippen LogP contribution in [0, 0.1) is 13.8 Å². The molecule has 0 unspecified atom stereocenters. The topological polar surface area (TPSA) is 52.7 Å². The van der Waals surface area contributed by atoms with Crippen molar-refractivity contribution in [2.24, 2.45) is 0 Å². The lowest BCUT2D eigenvalue weighted by molar-refractivity contribution is -0.136. The van der Waals surface area contributed by atoms with Crippen molar-refractivity contribution in [3.05, 3.63) is 77.5 Å². The van der Waals surface area contributed by atoms with Crippen molar-refractivity contribution in [2.75, 3.05) is 29.9 Å². The number of nitrogens with zero attached hydrogens (tertiary/aromatic N) is 2. The van der Waals surface area contributed by atoms with E-state index in [1.165, 1.54) is 4.90 Å². The molecule has 0 saturated carbocycles. The maximum atomic E-state index is 13.1. The number of carbonyl (C=O) groups excluding carboxylic acids is 2. The number of aryl methyl sites for hydroxylation is 2. The van der Waals surface area contributed by atoms with Crippen LogP contribution in [0.1, 0.15) is 30.5 Å². The summed E-state index contributed by atoms with van der Waals surface area (Å²) in [6.45, 7) is 13.9. The maximum absolute atomic E-state index is 13.1. The zero-order valence-corrected chi connectivity index (χ0v) is 18.2. The van der Waals surface area contributed by atoms with E-state index in [-0.39, 0.29) is 18.4 Å². The first-order chi connectivity index (χ1) is 14.4. The highest BCUT2D eigenvalue weighted by molar-refractivity contribution is 6.36. The van der Waals surface area contributed by atoms with Gasteiger partial charge in [0.15, 0.2) is 0 Å². The van der Waals surface area contributed by atoms with E-state index in [2.05, 4.69) is 30.6 Å². The number of benzene rings is 2. The number of rotatable bonds is 8. The normalized spacial score (nSPS) is 13.8. The average molecular weight is 404 g/mol. The van der Waals surface area contributed by atoms with E-state index >= 15 is 0 Å². The predicted octanol–water partition coefficient (Wildman–Crippen LogP) is 4.53. The molecule has 0 fully saturated rings. The van der Waals surface area contributed by atoms with Crippen molar-refractivity contribution in [3.63, 3.8) is 0 Å². The monoisotopic (exact) mass is 403 g/mol. The van der Waals surface area contributed by atoms with Gasteiger partial charge in [0.05, 0.1) is 5.57 Å². The van der Waals surface area contributed by atoms with Crippen LogP contribution in [-0.4, -0.2) is 36.3 Å². The number of hydrogen-bond donors (Lipinski definition) is 1. The number of hydrogen-bond acceptors (Lipinski definition) is 4. The molecule has 2 aromatic rings. The second kappa shape index (κ2) is 8.99. The zero-order valence-electron chi connectivity index (χ0n) is 18.2. The van der Waals surface area contributed by atoms with Gasteiger partial charge in [0, 0.05) is 31.0 Å². The van der Waals surface area contributed by atoms with Crippen LogP contribution in [0.5, 0.6) is 0 Å². The smallest absolute Gasteiger partial charge is 0.278 e. The number of carbonyl (C=O) groups is 2. The van der Waals surface area contributed by atoms with Gasteiger partial charge in [-0.2, -0.15) is 0 Å². The molecule has 0 saturated heterocycles. The SMILES string of the molecule is C=CCN1C(=O)C(Nc2ccc(N(CC)CC)cc2)=C(c2ccc(C)cc2C)C1=O. The van der Waals surface area contributed by atoms with Crippen LogP contribution in [0.4, 0.5) is 11.4 Å². The standard InChI is InChI=1S/C25H29N3O2/c1-6-15-28-24(29)22(21-14-9-17(4)16-18(21)5)23(25(28)30)26-19-10-12-20(13-11-19)27(7-2)8-3/h6,9-14,16,26H,1,7-8,15H2,2-5H3. The van der Waals surface area contributed by atoms with Crippen LogP contribution in [0.2, 0.25) is 0 Å². The lowest BCUT2D eigenvalue weighted by Crippen LogP contribution is -2.32. The summed E-state index contributed by atoms with van der Waals surface area (Å²) in [5, 5.41) is 3.22. The first kappa shape index (κ1) is 21.4. The van der Waals surface area contributed by atoms with Gasteiger partial charge in [-0.05, 0) is 63.1 Å². The van der Waals surface area contributed by atoms with Gasteiger partial charge < -0.3 is 10.2 Å². The van der Waals surface area contributed by atoms with E-state index in [1.54, 1.807) is 6.08 Å². The summed E-state index contributed by atoms with van der Waals surface area (Å²) in [5.74, 6) is -0.628. The maximum Gasteiger partial charge on any atom is 0.278 e. The molecule has 5 heteroatoms. The molecule has 1 N–H and O–H groups in total. The Hall–Kier alpha value is -3.34. The minimum Gasteiger partial charge on any atom is -0.372 e. The Labute approximate surface area is 178 Å². The molecular formula is C25H29N3O2. The summed E-state index contributed by atoms with van der Waals surface area (Å²) >= 11 is 0. The molecule has 1 heterocycles. The molecule has 2 aromatic carbocycles. The van der Waals surface area contributed by atoms with E-state index in [1.807, 2.05) is 56.3 Å². The quantitative estimate of drug-likeness (QED) is 0.520. The molecule has 0 radical (unpaired) electrons. The lowest BCUT2D eigenvalue weighted by Gasteiger charge is -2.21. The van der Waals surface area contributed by atoms with Crippen molar-refractivity contribution in [3.8, 4) is 0 Å². The van der Waals surface area contributed by atoms with Gasteiger partial charge in [-0.1, -0.05) is 29.8 Å².